The molecule has 0 atom stereocenters. The Kier molecular flexibility index (Phi) is 4.42. The third-order valence-corrected chi connectivity index (χ3v) is 3.89. The van der Waals surface area contributed by atoms with Crippen molar-refractivity contribution in [3.8, 4) is 0 Å². The molecule has 108 valence electrons. The summed E-state index contributed by atoms with van der Waals surface area (Å²) in [4.78, 5) is 4.44. The zero-order valence-electron chi connectivity index (χ0n) is 12.0. The van der Waals surface area contributed by atoms with Crippen LogP contribution in [0.1, 0.15) is 31.7 Å². The third kappa shape index (κ3) is 3.38. The van der Waals surface area contributed by atoms with E-state index in [0.717, 1.165) is 24.0 Å². The molecule has 2 rings (SSSR count). The predicted molar refractivity (Wildman–Crippen MR) is 81.2 cm³/mol. The molecule has 0 aliphatic heterocycles. The Morgan fingerprint density at radius 3 is 2.55 bits per heavy atom. The summed E-state index contributed by atoms with van der Waals surface area (Å²) in [6.45, 7) is 7.03. The molecule has 1 aliphatic carbocycles. The van der Waals surface area contributed by atoms with Crippen LogP contribution in [0.2, 0.25) is 0 Å². The van der Waals surface area contributed by atoms with Gasteiger partial charge in [-0.15, -0.1) is 0 Å². The molecule has 1 aromatic carbocycles. The summed E-state index contributed by atoms with van der Waals surface area (Å²) in [5, 5.41) is 3.03. The zero-order chi connectivity index (χ0) is 14.6. The first-order valence-corrected chi connectivity index (χ1v) is 6.96. The second-order valence-corrected chi connectivity index (χ2v) is 5.65. The van der Waals surface area contributed by atoms with E-state index in [1.165, 1.54) is 18.6 Å². The van der Waals surface area contributed by atoms with Crippen molar-refractivity contribution in [1.82, 2.24) is 5.32 Å². The fourth-order valence-electron chi connectivity index (χ4n) is 2.48. The van der Waals surface area contributed by atoms with Crippen LogP contribution in [-0.4, -0.2) is 19.0 Å². The van der Waals surface area contributed by atoms with Crippen molar-refractivity contribution in [1.29, 1.82) is 0 Å². The average molecular weight is 275 g/mol. The van der Waals surface area contributed by atoms with Crippen LogP contribution in [0.15, 0.2) is 41.4 Å². The van der Waals surface area contributed by atoms with Crippen LogP contribution in [0.25, 0.3) is 0 Å². The first-order valence-electron chi connectivity index (χ1n) is 6.96. The lowest BCUT2D eigenvalue weighted by Crippen LogP contribution is -2.40. The molecule has 0 saturated heterocycles. The van der Waals surface area contributed by atoms with Crippen molar-refractivity contribution in [2.24, 2.45) is 10.7 Å². The molecule has 3 nitrogen and oxygen atoms in total. The molecule has 4 heteroatoms. The molecule has 1 aromatic rings. The van der Waals surface area contributed by atoms with E-state index in [-0.39, 0.29) is 11.2 Å². The number of nitrogens with zero attached hydrogens (tertiary/aromatic N) is 1. The summed E-state index contributed by atoms with van der Waals surface area (Å²) in [6.07, 6.45) is 3.35. The molecule has 3 N–H and O–H groups in total. The maximum atomic E-state index is 13.0. The van der Waals surface area contributed by atoms with Crippen molar-refractivity contribution in [2.45, 2.75) is 31.6 Å². The summed E-state index contributed by atoms with van der Waals surface area (Å²) in [5.74, 6) is 0.246. The molecule has 1 fully saturated rings. The number of guanidine groups is 1. The summed E-state index contributed by atoms with van der Waals surface area (Å²) in [7, 11) is 0. The van der Waals surface area contributed by atoms with Crippen molar-refractivity contribution in [2.75, 3.05) is 13.1 Å². The highest BCUT2D eigenvalue weighted by molar-refractivity contribution is 5.78. The lowest BCUT2D eigenvalue weighted by Gasteiger charge is -2.41. The molecular formula is C16H22FN3. The van der Waals surface area contributed by atoms with Gasteiger partial charge in [0.1, 0.15) is 5.82 Å². The van der Waals surface area contributed by atoms with Crippen LogP contribution < -0.4 is 11.1 Å². The molecule has 0 unspecified atom stereocenters. The highest BCUT2D eigenvalue weighted by atomic mass is 19.1. The molecule has 1 aliphatic rings. The smallest absolute Gasteiger partial charge is 0.188 e. The molecule has 0 bridgehead atoms. The highest BCUT2D eigenvalue weighted by Crippen LogP contribution is 2.43. The van der Waals surface area contributed by atoms with Crippen LogP contribution in [0.4, 0.5) is 4.39 Å². The number of benzene rings is 1. The fraction of sp³-hybridized carbons (Fsp3) is 0.438. The number of nitrogens with two attached hydrogens (primary N) is 1. The van der Waals surface area contributed by atoms with E-state index in [2.05, 4.69) is 16.9 Å². The first-order chi connectivity index (χ1) is 9.52. The third-order valence-electron chi connectivity index (χ3n) is 3.89. The highest BCUT2D eigenvalue weighted by Gasteiger charge is 2.38. The zero-order valence-corrected chi connectivity index (χ0v) is 12.0. The molecule has 1 saturated carbocycles. The fourth-order valence-corrected chi connectivity index (χ4v) is 2.48. The normalized spacial score (nSPS) is 17.4. The van der Waals surface area contributed by atoms with Crippen LogP contribution in [-0.2, 0) is 5.41 Å². The van der Waals surface area contributed by atoms with Gasteiger partial charge in [0, 0.05) is 12.0 Å². The van der Waals surface area contributed by atoms with E-state index in [9.17, 15) is 4.39 Å². The van der Waals surface area contributed by atoms with Crippen molar-refractivity contribution in [3.63, 3.8) is 0 Å². The Hall–Kier alpha value is -1.84. The van der Waals surface area contributed by atoms with Crippen LogP contribution in [0.5, 0.6) is 0 Å². The molecule has 0 spiro atoms. The number of aliphatic imine (C=N–C) groups is 1. The summed E-state index contributed by atoms with van der Waals surface area (Å²) >= 11 is 0. The van der Waals surface area contributed by atoms with Crippen molar-refractivity contribution < 1.29 is 4.39 Å². The molecule has 20 heavy (non-hydrogen) atoms. The van der Waals surface area contributed by atoms with Crippen LogP contribution in [0.3, 0.4) is 0 Å². The van der Waals surface area contributed by atoms with E-state index in [1.807, 2.05) is 19.1 Å². The lowest BCUT2D eigenvalue weighted by atomic mass is 9.64. The van der Waals surface area contributed by atoms with Gasteiger partial charge in [0.25, 0.3) is 0 Å². The Labute approximate surface area is 119 Å². The Morgan fingerprint density at radius 1 is 1.40 bits per heavy atom. The van der Waals surface area contributed by atoms with Gasteiger partial charge in [0.05, 0.1) is 6.54 Å². The average Bonchev–Trinajstić information content (AvgIpc) is 2.37. The SMILES string of the molecule is C=C(C)CNC(N)=NCC1(c2ccc(F)cc2)CCC1. The minimum absolute atomic E-state index is 0.0310. The number of nitrogens with one attached hydrogen (secondary N) is 1. The number of hydrogen-bond donors (Lipinski definition) is 2. The minimum Gasteiger partial charge on any atom is -0.370 e. The summed E-state index contributed by atoms with van der Waals surface area (Å²) in [6, 6.07) is 6.76. The summed E-state index contributed by atoms with van der Waals surface area (Å²) in [5.41, 5.74) is 8.05. The van der Waals surface area contributed by atoms with Crippen molar-refractivity contribution >= 4 is 5.96 Å². The molecule has 0 aromatic heterocycles. The molecule has 0 radical (unpaired) electrons. The number of halogens is 1. The Bertz CT molecular complexity index is 501. The first kappa shape index (κ1) is 14.6. The second-order valence-electron chi connectivity index (χ2n) is 5.65. The van der Waals surface area contributed by atoms with Gasteiger partial charge in [0.15, 0.2) is 5.96 Å². The van der Waals surface area contributed by atoms with Gasteiger partial charge in [-0.2, -0.15) is 0 Å². The quantitative estimate of drug-likeness (QED) is 0.493. The standard InChI is InChI=1S/C16H22FN3/c1-12(2)10-19-15(18)20-11-16(8-3-9-16)13-4-6-14(17)7-5-13/h4-7H,1,3,8-11H2,2H3,(H3,18,19,20). The van der Waals surface area contributed by atoms with E-state index >= 15 is 0 Å². The van der Waals surface area contributed by atoms with E-state index in [1.54, 1.807) is 0 Å². The van der Waals surface area contributed by atoms with Crippen molar-refractivity contribution in [3.05, 3.63) is 47.8 Å². The van der Waals surface area contributed by atoms with E-state index in [0.29, 0.717) is 19.0 Å². The topological polar surface area (TPSA) is 50.4 Å². The molecule has 0 amide bonds. The van der Waals surface area contributed by atoms with Gasteiger partial charge < -0.3 is 11.1 Å². The number of hydrogen-bond acceptors (Lipinski definition) is 1. The van der Waals surface area contributed by atoms with Gasteiger partial charge in [-0.3, -0.25) is 4.99 Å². The Balaban J connectivity index is 2.03. The van der Waals surface area contributed by atoms with Gasteiger partial charge >= 0.3 is 0 Å². The van der Waals surface area contributed by atoms with Gasteiger partial charge in [0.2, 0.25) is 0 Å². The second kappa shape index (κ2) is 6.07. The summed E-state index contributed by atoms with van der Waals surface area (Å²) < 4.78 is 13.0. The lowest BCUT2D eigenvalue weighted by molar-refractivity contribution is 0.253. The molecule has 0 heterocycles. The largest absolute Gasteiger partial charge is 0.370 e. The van der Waals surface area contributed by atoms with E-state index < -0.39 is 0 Å². The van der Waals surface area contributed by atoms with Gasteiger partial charge in [-0.25, -0.2) is 4.39 Å². The van der Waals surface area contributed by atoms with Crippen LogP contribution in [0, 0.1) is 5.82 Å². The predicted octanol–water partition coefficient (Wildman–Crippen LogP) is 2.73. The maximum Gasteiger partial charge on any atom is 0.188 e. The Morgan fingerprint density at radius 2 is 2.05 bits per heavy atom. The van der Waals surface area contributed by atoms with E-state index in [4.69, 9.17) is 5.73 Å². The van der Waals surface area contributed by atoms with Crippen LogP contribution >= 0.6 is 0 Å². The monoisotopic (exact) mass is 275 g/mol. The van der Waals surface area contributed by atoms with Gasteiger partial charge in [-0.1, -0.05) is 30.7 Å². The van der Waals surface area contributed by atoms with Gasteiger partial charge in [-0.05, 0) is 37.5 Å². The number of rotatable bonds is 5. The minimum atomic E-state index is -0.200. The molecular weight excluding hydrogens is 253 g/mol. The maximum absolute atomic E-state index is 13.0.